The molecule has 0 aliphatic heterocycles. The van der Waals surface area contributed by atoms with Gasteiger partial charge in [-0.3, -0.25) is 0 Å². The van der Waals surface area contributed by atoms with E-state index in [2.05, 4.69) is 23.3 Å². The third-order valence-corrected chi connectivity index (χ3v) is 3.78. The Morgan fingerprint density at radius 2 is 2.10 bits per heavy atom. The maximum Gasteiger partial charge on any atom is 0.166 e. The van der Waals surface area contributed by atoms with Gasteiger partial charge in [0.05, 0.1) is 17.3 Å². The van der Waals surface area contributed by atoms with Crippen LogP contribution in [-0.4, -0.2) is 18.1 Å². The molecule has 1 heterocycles. The fourth-order valence-electron chi connectivity index (χ4n) is 2.01. The predicted molar refractivity (Wildman–Crippen MR) is 86.2 cm³/mol. The zero-order chi connectivity index (χ0) is 15.1. The standard InChI is InChI=1S/C16H22N2O2S/c1-4-17-9-13-7-6-8-15(19-5-2)16(13)20-10-14-11-21-12(3)18-14/h6-8,11,17H,4-5,9-10H2,1-3H3. The summed E-state index contributed by atoms with van der Waals surface area (Å²) in [6, 6.07) is 6.00. The molecule has 0 saturated carbocycles. The smallest absolute Gasteiger partial charge is 0.166 e. The van der Waals surface area contributed by atoms with E-state index in [-0.39, 0.29) is 0 Å². The van der Waals surface area contributed by atoms with Crippen molar-refractivity contribution in [1.29, 1.82) is 0 Å². The van der Waals surface area contributed by atoms with Crippen LogP contribution in [0.5, 0.6) is 11.5 Å². The highest BCUT2D eigenvalue weighted by atomic mass is 32.1. The summed E-state index contributed by atoms with van der Waals surface area (Å²) in [6.45, 7) is 8.84. The third-order valence-electron chi connectivity index (χ3n) is 2.96. The van der Waals surface area contributed by atoms with Crippen LogP contribution < -0.4 is 14.8 Å². The van der Waals surface area contributed by atoms with Crippen molar-refractivity contribution < 1.29 is 9.47 Å². The molecule has 21 heavy (non-hydrogen) atoms. The molecule has 2 aromatic rings. The number of para-hydroxylation sites is 1. The SMILES string of the molecule is CCNCc1cccc(OCC)c1OCc1csc(C)n1. The lowest BCUT2D eigenvalue weighted by molar-refractivity contribution is 0.263. The van der Waals surface area contributed by atoms with Gasteiger partial charge in [-0.15, -0.1) is 11.3 Å². The number of aryl methyl sites for hydroxylation is 1. The molecule has 1 aromatic heterocycles. The van der Waals surface area contributed by atoms with Crippen LogP contribution in [-0.2, 0) is 13.2 Å². The fourth-order valence-corrected chi connectivity index (χ4v) is 2.61. The number of hydrogen-bond donors (Lipinski definition) is 1. The normalized spacial score (nSPS) is 10.6. The molecule has 0 aliphatic carbocycles. The number of nitrogens with one attached hydrogen (secondary N) is 1. The Labute approximate surface area is 130 Å². The van der Waals surface area contributed by atoms with Crippen molar-refractivity contribution in [2.45, 2.75) is 33.9 Å². The molecule has 114 valence electrons. The molecular formula is C16H22N2O2S. The number of ether oxygens (including phenoxy) is 2. The number of benzene rings is 1. The van der Waals surface area contributed by atoms with Crippen molar-refractivity contribution in [3.8, 4) is 11.5 Å². The fraction of sp³-hybridized carbons (Fsp3) is 0.438. The Hall–Kier alpha value is -1.59. The molecule has 0 bridgehead atoms. The summed E-state index contributed by atoms with van der Waals surface area (Å²) in [5.74, 6) is 1.60. The van der Waals surface area contributed by atoms with E-state index in [1.54, 1.807) is 11.3 Å². The van der Waals surface area contributed by atoms with E-state index < -0.39 is 0 Å². The zero-order valence-electron chi connectivity index (χ0n) is 12.8. The van der Waals surface area contributed by atoms with Crippen molar-refractivity contribution in [2.75, 3.05) is 13.2 Å². The third kappa shape index (κ3) is 4.44. The van der Waals surface area contributed by atoms with Crippen LogP contribution >= 0.6 is 11.3 Å². The van der Waals surface area contributed by atoms with Crippen LogP contribution in [0.1, 0.15) is 30.1 Å². The lowest BCUT2D eigenvalue weighted by Gasteiger charge is -2.15. The van der Waals surface area contributed by atoms with Crippen LogP contribution in [0.15, 0.2) is 23.6 Å². The van der Waals surface area contributed by atoms with Crippen molar-refractivity contribution in [3.05, 3.63) is 39.8 Å². The topological polar surface area (TPSA) is 43.4 Å². The summed E-state index contributed by atoms with van der Waals surface area (Å²) in [5.41, 5.74) is 2.06. The Morgan fingerprint density at radius 3 is 2.76 bits per heavy atom. The summed E-state index contributed by atoms with van der Waals surface area (Å²) < 4.78 is 11.7. The molecule has 0 spiro atoms. The Kier molecular flexibility index (Phi) is 6.02. The average molecular weight is 306 g/mol. The molecule has 1 N–H and O–H groups in total. The molecule has 0 fully saturated rings. The highest BCUT2D eigenvalue weighted by Crippen LogP contribution is 2.32. The summed E-state index contributed by atoms with van der Waals surface area (Å²) >= 11 is 1.64. The van der Waals surface area contributed by atoms with Gasteiger partial charge in [0.2, 0.25) is 0 Å². The lowest BCUT2D eigenvalue weighted by Crippen LogP contribution is -2.13. The molecule has 4 nitrogen and oxygen atoms in total. The van der Waals surface area contributed by atoms with Crippen LogP contribution in [0.3, 0.4) is 0 Å². The molecular weight excluding hydrogens is 284 g/mol. The molecule has 0 amide bonds. The quantitative estimate of drug-likeness (QED) is 0.810. The molecule has 0 unspecified atom stereocenters. The van der Waals surface area contributed by atoms with E-state index in [0.29, 0.717) is 13.2 Å². The number of thiazole rings is 1. The zero-order valence-corrected chi connectivity index (χ0v) is 13.6. The molecule has 2 rings (SSSR count). The van der Waals surface area contributed by atoms with Crippen LogP contribution in [0.4, 0.5) is 0 Å². The predicted octanol–water partition coefficient (Wildman–Crippen LogP) is 3.54. The van der Waals surface area contributed by atoms with Crippen molar-refractivity contribution in [1.82, 2.24) is 10.3 Å². The van der Waals surface area contributed by atoms with E-state index in [1.807, 2.05) is 31.4 Å². The second-order valence-electron chi connectivity index (χ2n) is 4.60. The first-order valence-corrected chi connectivity index (χ1v) is 8.11. The second-order valence-corrected chi connectivity index (χ2v) is 5.67. The van der Waals surface area contributed by atoms with Gasteiger partial charge in [-0.1, -0.05) is 19.1 Å². The van der Waals surface area contributed by atoms with Gasteiger partial charge >= 0.3 is 0 Å². The highest BCUT2D eigenvalue weighted by molar-refractivity contribution is 7.09. The summed E-state index contributed by atoms with van der Waals surface area (Å²) in [6.07, 6.45) is 0. The number of aromatic nitrogens is 1. The maximum absolute atomic E-state index is 6.00. The molecule has 0 atom stereocenters. The first-order valence-electron chi connectivity index (χ1n) is 7.23. The minimum atomic E-state index is 0.466. The number of hydrogen-bond acceptors (Lipinski definition) is 5. The van der Waals surface area contributed by atoms with E-state index in [0.717, 1.165) is 40.9 Å². The molecule has 0 aliphatic rings. The number of rotatable bonds is 8. The van der Waals surface area contributed by atoms with Crippen molar-refractivity contribution >= 4 is 11.3 Å². The second kappa shape index (κ2) is 8.00. The summed E-state index contributed by atoms with van der Waals surface area (Å²) in [7, 11) is 0. The van der Waals surface area contributed by atoms with Crippen LogP contribution in [0.25, 0.3) is 0 Å². The molecule has 0 radical (unpaired) electrons. The van der Waals surface area contributed by atoms with Gasteiger partial charge in [0.1, 0.15) is 6.61 Å². The van der Waals surface area contributed by atoms with Gasteiger partial charge in [0, 0.05) is 17.5 Å². The highest BCUT2D eigenvalue weighted by Gasteiger charge is 2.11. The minimum absolute atomic E-state index is 0.466. The average Bonchev–Trinajstić information content (AvgIpc) is 2.90. The van der Waals surface area contributed by atoms with Crippen molar-refractivity contribution in [3.63, 3.8) is 0 Å². The van der Waals surface area contributed by atoms with Gasteiger partial charge in [0.25, 0.3) is 0 Å². The minimum Gasteiger partial charge on any atom is -0.490 e. The van der Waals surface area contributed by atoms with Gasteiger partial charge in [-0.05, 0) is 26.5 Å². The van der Waals surface area contributed by atoms with E-state index in [1.165, 1.54) is 0 Å². The van der Waals surface area contributed by atoms with Gasteiger partial charge in [-0.25, -0.2) is 4.98 Å². The van der Waals surface area contributed by atoms with Gasteiger partial charge in [-0.2, -0.15) is 0 Å². The largest absolute Gasteiger partial charge is 0.490 e. The Morgan fingerprint density at radius 1 is 1.24 bits per heavy atom. The lowest BCUT2D eigenvalue weighted by atomic mass is 10.2. The molecule has 0 saturated heterocycles. The summed E-state index contributed by atoms with van der Waals surface area (Å²) in [5, 5.41) is 6.41. The van der Waals surface area contributed by atoms with Crippen molar-refractivity contribution in [2.24, 2.45) is 0 Å². The first kappa shape index (κ1) is 15.8. The van der Waals surface area contributed by atoms with Gasteiger partial charge < -0.3 is 14.8 Å². The Balaban J connectivity index is 2.16. The monoisotopic (exact) mass is 306 g/mol. The van der Waals surface area contributed by atoms with Crippen LogP contribution in [0.2, 0.25) is 0 Å². The maximum atomic E-state index is 6.00. The summed E-state index contributed by atoms with van der Waals surface area (Å²) in [4.78, 5) is 4.43. The van der Waals surface area contributed by atoms with E-state index in [9.17, 15) is 0 Å². The number of nitrogens with zero attached hydrogens (tertiary/aromatic N) is 1. The van der Waals surface area contributed by atoms with E-state index >= 15 is 0 Å². The molecule has 5 heteroatoms. The Bertz CT molecular complexity index is 569. The van der Waals surface area contributed by atoms with Crippen LogP contribution in [0, 0.1) is 6.92 Å². The first-order chi connectivity index (χ1) is 10.2. The van der Waals surface area contributed by atoms with Gasteiger partial charge in [0.15, 0.2) is 11.5 Å². The van der Waals surface area contributed by atoms with E-state index in [4.69, 9.17) is 9.47 Å². The molecule has 1 aromatic carbocycles.